The number of amides is 1. The molecule has 0 aromatic rings. The van der Waals surface area contributed by atoms with E-state index in [1.54, 1.807) is 0 Å². The zero-order valence-electron chi connectivity index (χ0n) is 21.6. The quantitative estimate of drug-likeness (QED) is 0.224. The van der Waals surface area contributed by atoms with Gasteiger partial charge in [-0.05, 0) is 93.9 Å². The topological polar surface area (TPSA) is 94.4 Å². The monoisotopic (exact) mass is 475 g/mol. The average Bonchev–Trinajstić information content (AvgIpc) is 3.17. The maximum atomic E-state index is 12.5. The predicted octanol–water partition coefficient (Wildman–Crippen LogP) is 3.95. The highest BCUT2D eigenvalue weighted by Crippen LogP contribution is 2.66. The van der Waals surface area contributed by atoms with Crippen molar-refractivity contribution in [3.63, 3.8) is 0 Å². The molecule has 3 N–H and O–H groups in total. The lowest BCUT2D eigenvalue weighted by Crippen LogP contribution is -2.50. The summed E-state index contributed by atoms with van der Waals surface area (Å²) >= 11 is 0. The lowest BCUT2D eigenvalue weighted by Gasteiger charge is -2.58. The van der Waals surface area contributed by atoms with Gasteiger partial charge in [0.2, 0.25) is 0 Å². The Balaban J connectivity index is 1.45. The van der Waals surface area contributed by atoms with Crippen LogP contribution in [-0.2, 0) is 4.84 Å². The molecule has 0 unspecified atom stereocenters. The molecule has 0 saturated heterocycles. The molecule has 34 heavy (non-hydrogen) atoms. The molecule has 7 nitrogen and oxygen atoms in total. The van der Waals surface area contributed by atoms with E-state index >= 15 is 0 Å². The highest BCUT2D eigenvalue weighted by atomic mass is 16.7. The summed E-state index contributed by atoms with van der Waals surface area (Å²) in [5, 5.41) is 26.9. The number of fused-ring (bicyclic) bond motifs is 5. The number of carbonyl (C=O) groups is 1. The predicted molar refractivity (Wildman–Crippen MR) is 133 cm³/mol. The first-order valence-corrected chi connectivity index (χ1v) is 13.4. The van der Waals surface area contributed by atoms with E-state index in [1.165, 1.54) is 29.7 Å². The summed E-state index contributed by atoms with van der Waals surface area (Å²) in [6.45, 7) is 8.19. The van der Waals surface area contributed by atoms with E-state index in [4.69, 9.17) is 4.84 Å². The second-order valence-corrected chi connectivity index (χ2v) is 11.7. The fourth-order valence-electron chi connectivity index (χ4n) is 8.22. The Hall–Kier alpha value is -1.44. The van der Waals surface area contributed by atoms with Crippen molar-refractivity contribution in [2.45, 2.75) is 78.2 Å². The van der Waals surface area contributed by atoms with Gasteiger partial charge in [0.25, 0.3) is 0 Å². The standard InChI is InChI=1S/C27H45N3O4/c1-18(29-34-25(33)30(15-16-31)14-13-28-4)22-7-8-23-21-6-5-19-17-20(32)9-11-26(19,2)24(21)10-12-27(22,23)3/h5,20-24,28,31-32H,6-17H2,1-4H3/b29-18+/t20-,21-,22+,23-,24-,26-,27+/m0/s1. The van der Waals surface area contributed by atoms with E-state index in [9.17, 15) is 15.0 Å². The van der Waals surface area contributed by atoms with E-state index < -0.39 is 6.09 Å². The van der Waals surface area contributed by atoms with Crippen molar-refractivity contribution in [1.29, 1.82) is 0 Å². The number of aliphatic hydroxyl groups excluding tert-OH is 2. The number of allylic oxidation sites excluding steroid dienone is 1. The molecule has 0 spiro atoms. The minimum absolute atomic E-state index is 0.0967. The van der Waals surface area contributed by atoms with Crippen molar-refractivity contribution in [2.75, 3.05) is 33.3 Å². The summed E-state index contributed by atoms with van der Waals surface area (Å²) in [5.74, 6) is 2.41. The third kappa shape index (κ3) is 4.56. The van der Waals surface area contributed by atoms with Gasteiger partial charge in [0, 0.05) is 25.6 Å². The summed E-state index contributed by atoms with van der Waals surface area (Å²) < 4.78 is 0. The van der Waals surface area contributed by atoms with Crippen LogP contribution in [0.4, 0.5) is 4.79 Å². The Bertz CT molecular complexity index is 814. The van der Waals surface area contributed by atoms with E-state index in [0.29, 0.717) is 36.8 Å². The molecule has 0 heterocycles. The van der Waals surface area contributed by atoms with Gasteiger partial charge in [-0.2, -0.15) is 0 Å². The van der Waals surface area contributed by atoms with E-state index in [0.717, 1.165) is 37.8 Å². The molecular weight excluding hydrogens is 430 g/mol. The van der Waals surface area contributed by atoms with Gasteiger partial charge in [-0.15, -0.1) is 0 Å². The van der Waals surface area contributed by atoms with Crippen LogP contribution in [0.15, 0.2) is 16.8 Å². The van der Waals surface area contributed by atoms with Gasteiger partial charge in [0.15, 0.2) is 0 Å². The van der Waals surface area contributed by atoms with Crippen molar-refractivity contribution >= 4 is 11.8 Å². The molecule has 1 amide bonds. The van der Waals surface area contributed by atoms with Gasteiger partial charge in [-0.25, -0.2) is 4.79 Å². The SMILES string of the molecule is CNCCN(CCO)C(=O)O/N=C(\C)[C@H]1CC[C@H]2[C@@H]3CC=C4C[C@@H](O)CC[C@]4(C)[C@H]3CC[C@]12C. The van der Waals surface area contributed by atoms with Crippen LogP contribution >= 0.6 is 0 Å². The fourth-order valence-corrected chi connectivity index (χ4v) is 8.22. The normalized spacial score (nSPS) is 39.5. The van der Waals surface area contributed by atoms with Crippen LogP contribution in [0.2, 0.25) is 0 Å². The lowest BCUT2D eigenvalue weighted by molar-refractivity contribution is -0.0426. The maximum Gasteiger partial charge on any atom is 0.436 e. The average molecular weight is 476 g/mol. The van der Waals surface area contributed by atoms with Crippen molar-refractivity contribution < 1.29 is 19.8 Å². The number of hydrogen-bond donors (Lipinski definition) is 3. The molecule has 7 atom stereocenters. The van der Waals surface area contributed by atoms with Crippen LogP contribution in [0, 0.1) is 34.5 Å². The third-order valence-electron chi connectivity index (χ3n) is 10.1. The molecule has 0 aromatic heterocycles. The Kier molecular flexibility index (Phi) is 7.75. The number of hydrogen-bond acceptors (Lipinski definition) is 6. The fraction of sp³-hybridized carbons (Fsp3) is 0.852. The minimum Gasteiger partial charge on any atom is -0.395 e. The van der Waals surface area contributed by atoms with Crippen LogP contribution in [0.5, 0.6) is 0 Å². The number of carbonyl (C=O) groups excluding carboxylic acids is 1. The summed E-state index contributed by atoms with van der Waals surface area (Å²) in [5.41, 5.74) is 2.88. The number of rotatable bonds is 7. The Morgan fingerprint density at radius 1 is 1.21 bits per heavy atom. The smallest absolute Gasteiger partial charge is 0.395 e. The summed E-state index contributed by atoms with van der Waals surface area (Å²) in [4.78, 5) is 19.4. The molecule has 3 saturated carbocycles. The van der Waals surface area contributed by atoms with Gasteiger partial charge in [0.05, 0.1) is 18.4 Å². The molecular formula is C27H45N3O4. The summed E-state index contributed by atoms with van der Waals surface area (Å²) in [7, 11) is 1.83. The molecule has 4 aliphatic rings. The van der Waals surface area contributed by atoms with Crippen molar-refractivity contribution in [3.05, 3.63) is 11.6 Å². The third-order valence-corrected chi connectivity index (χ3v) is 10.1. The molecule has 4 rings (SSSR count). The lowest BCUT2D eigenvalue weighted by atomic mass is 9.47. The van der Waals surface area contributed by atoms with Crippen LogP contribution in [-0.4, -0.2) is 66.3 Å². The Labute approximate surface area is 205 Å². The Morgan fingerprint density at radius 3 is 2.74 bits per heavy atom. The minimum atomic E-state index is -0.496. The van der Waals surface area contributed by atoms with E-state index in [2.05, 4.69) is 30.4 Å². The maximum absolute atomic E-state index is 12.5. The van der Waals surface area contributed by atoms with Gasteiger partial charge in [-0.3, -0.25) is 4.84 Å². The number of nitrogens with one attached hydrogen (secondary N) is 1. The number of oxime groups is 1. The molecule has 0 aromatic carbocycles. The first kappa shape index (κ1) is 25.6. The number of nitrogens with zero attached hydrogens (tertiary/aromatic N) is 2. The first-order chi connectivity index (χ1) is 16.2. The van der Waals surface area contributed by atoms with Crippen LogP contribution in [0.3, 0.4) is 0 Å². The number of likely N-dealkylation sites (N-methyl/N-ethyl adjacent to an activating group) is 1. The van der Waals surface area contributed by atoms with Crippen molar-refractivity contribution in [3.8, 4) is 0 Å². The molecule has 4 aliphatic carbocycles. The van der Waals surface area contributed by atoms with Crippen LogP contribution < -0.4 is 5.32 Å². The molecule has 7 heteroatoms. The highest BCUT2D eigenvalue weighted by Gasteiger charge is 2.59. The Morgan fingerprint density at radius 2 is 2.00 bits per heavy atom. The van der Waals surface area contributed by atoms with Gasteiger partial charge in [-0.1, -0.05) is 30.7 Å². The molecule has 0 bridgehead atoms. The first-order valence-electron chi connectivity index (χ1n) is 13.4. The van der Waals surface area contributed by atoms with Crippen molar-refractivity contribution in [1.82, 2.24) is 10.2 Å². The number of aliphatic hydroxyl groups is 2. The molecule has 0 aliphatic heterocycles. The van der Waals surface area contributed by atoms with Crippen LogP contribution in [0.1, 0.15) is 72.1 Å². The largest absolute Gasteiger partial charge is 0.436 e. The van der Waals surface area contributed by atoms with Gasteiger partial charge < -0.3 is 20.4 Å². The summed E-state index contributed by atoms with van der Waals surface area (Å²) in [6.07, 6.45) is 10.6. The van der Waals surface area contributed by atoms with E-state index in [-0.39, 0.29) is 30.1 Å². The van der Waals surface area contributed by atoms with Gasteiger partial charge >= 0.3 is 6.09 Å². The van der Waals surface area contributed by atoms with E-state index in [1.807, 2.05) is 14.0 Å². The molecule has 192 valence electrons. The molecule has 0 radical (unpaired) electrons. The zero-order valence-corrected chi connectivity index (χ0v) is 21.6. The van der Waals surface area contributed by atoms with Crippen molar-refractivity contribution in [2.24, 2.45) is 39.7 Å². The summed E-state index contributed by atoms with van der Waals surface area (Å²) in [6, 6.07) is 0. The second kappa shape index (κ2) is 10.3. The van der Waals surface area contributed by atoms with Gasteiger partial charge in [0.1, 0.15) is 0 Å². The zero-order chi connectivity index (χ0) is 24.5. The second-order valence-electron chi connectivity index (χ2n) is 11.7. The van der Waals surface area contributed by atoms with Crippen LogP contribution in [0.25, 0.3) is 0 Å². The highest BCUT2D eigenvalue weighted by molar-refractivity contribution is 5.85. The molecule has 3 fully saturated rings.